The van der Waals surface area contributed by atoms with Crippen LogP contribution >= 0.6 is 15.9 Å². The topological polar surface area (TPSA) is 66.8 Å². The Labute approximate surface area is 133 Å². The SMILES string of the molecule is COc1c(C)c(Br)c(C)c(C2(C(=O)O)CCCCC2)c1O. The van der Waals surface area contributed by atoms with Gasteiger partial charge >= 0.3 is 5.97 Å². The summed E-state index contributed by atoms with van der Waals surface area (Å²) in [5, 5.41) is 20.5. The number of carbonyl (C=O) groups is 1. The molecule has 1 saturated carbocycles. The van der Waals surface area contributed by atoms with Crippen LogP contribution in [0.25, 0.3) is 0 Å². The van der Waals surface area contributed by atoms with Gasteiger partial charge < -0.3 is 14.9 Å². The molecular weight excluding hydrogens is 336 g/mol. The van der Waals surface area contributed by atoms with Gasteiger partial charge in [-0.3, -0.25) is 4.79 Å². The first-order valence-corrected chi connectivity index (χ1v) is 7.95. The molecule has 0 atom stereocenters. The Kier molecular flexibility index (Phi) is 4.51. The molecule has 1 aromatic carbocycles. The van der Waals surface area contributed by atoms with Crippen molar-refractivity contribution in [1.82, 2.24) is 0 Å². The number of carboxylic acids is 1. The van der Waals surface area contributed by atoms with E-state index in [4.69, 9.17) is 4.74 Å². The molecule has 0 spiro atoms. The molecule has 1 fully saturated rings. The van der Waals surface area contributed by atoms with E-state index >= 15 is 0 Å². The third-order valence-corrected chi connectivity index (χ3v) is 5.81. The molecule has 1 aromatic rings. The van der Waals surface area contributed by atoms with Crippen LogP contribution in [0.15, 0.2) is 4.47 Å². The number of aliphatic carboxylic acids is 1. The van der Waals surface area contributed by atoms with Crippen LogP contribution in [-0.2, 0) is 10.2 Å². The van der Waals surface area contributed by atoms with E-state index < -0.39 is 11.4 Å². The maximum absolute atomic E-state index is 12.0. The highest BCUT2D eigenvalue weighted by Crippen LogP contribution is 2.51. The molecular formula is C16H21BrO4. The van der Waals surface area contributed by atoms with Crippen molar-refractivity contribution in [3.63, 3.8) is 0 Å². The quantitative estimate of drug-likeness (QED) is 0.856. The molecule has 0 bridgehead atoms. The van der Waals surface area contributed by atoms with Gasteiger partial charge in [-0.2, -0.15) is 0 Å². The number of rotatable bonds is 3. The van der Waals surface area contributed by atoms with Gasteiger partial charge in [0.25, 0.3) is 0 Å². The van der Waals surface area contributed by atoms with E-state index in [-0.39, 0.29) is 5.75 Å². The zero-order chi connectivity index (χ0) is 15.8. The number of methoxy groups -OCH3 is 1. The summed E-state index contributed by atoms with van der Waals surface area (Å²) in [6.07, 6.45) is 3.86. The zero-order valence-corrected chi connectivity index (χ0v) is 14.2. The Balaban J connectivity index is 2.77. The molecule has 0 amide bonds. The maximum Gasteiger partial charge on any atom is 0.314 e. The molecule has 4 nitrogen and oxygen atoms in total. The molecule has 2 N–H and O–H groups in total. The van der Waals surface area contributed by atoms with Crippen molar-refractivity contribution in [2.75, 3.05) is 7.11 Å². The summed E-state index contributed by atoms with van der Waals surface area (Å²) >= 11 is 3.51. The van der Waals surface area contributed by atoms with E-state index in [2.05, 4.69) is 15.9 Å². The Bertz CT molecular complexity index is 574. The van der Waals surface area contributed by atoms with Crippen LogP contribution in [0.2, 0.25) is 0 Å². The van der Waals surface area contributed by atoms with E-state index in [1.807, 2.05) is 13.8 Å². The standard InChI is InChI=1S/C16H21BrO4/c1-9-11(13(18)14(21-3)10(2)12(9)17)16(15(19)20)7-5-4-6-8-16/h18H,4-8H2,1-3H3,(H,19,20). The second kappa shape index (κ2) is 5.87. The summed E-state index contributed by atoms with van der Waals surface area (Å²) in [6, 6.07) is 0. The number of ether oxygens (including phenoxy) is 1. The van der Waals surface area contributed by atoms with Crippen molar-refractivity contribution < 1.29 is 19.7 Å². The lowest BCUT2D eigenvalue weighted by Gasteiger charge is -2.36. The molecule has 2 rings (SSSR count). The second-order valence-corrected chi connectivity index (χ2v) is 6.56. The van der Waals surface area contributed by atoms with Gasteiger partial charge in [-0.15, -0.1) is 0 Å². The lowest BCUT2D eigenvalue weighted by molar-refractivity contribution is -0.145. The van der Waals surface area contributed by atoms with Gasteiger partial charge in [-0.1, -0.05) is 35.2 Å². The van der Waals surface area contributed by atoms with Gasteiger partial charge in [0.15, 0.2) is 11.5 Å². The van der Waals surface area contributed by atoms with E-state index in [9.17, 15) is 15.0 Å². The third-order valence-electron chi connectivity index (χ3n) is 4.63. The van der Waals surface area contributed by atoms with Crippen molar-refractivity contribution in [3.05, 3.63) is 21.2 Å². The van der Waals surface area contributed by atoms with Gasteiger partial charge in [0.1, 0.15) is 0 Å². The second-order valence-electron chi connectivity index (χ2n) is 5.77. The minimum absolute atomic E-state index is 0.0278. The molecule has 0 heterocycles. The van der Waals surface area contributed by atoms with Gasteiger partial charge in [0.05, 0.1) is 12.5 Å². The summed E-state index contributed by atoms with van der Waals surface area (Å²) < 4.78 is 6.10. The Morgan fingerprint density at radius 2 is 1.76 bits per heavy atom. The number of carboxylic acid groups (broad SMARTS) is 1. The summed E-state index contributed by atoms with van der Waals surface area (Å²) in [5.41, 5.74) is 1.06. The highest BCUT2D eigenvalue weighted by Gasteiger charge is 2.45. The van der Waals surface area contributed by atoms with Crippen molar-refractivity contribution >= 4 is 21.9 Å². The largest absolute Gasteiger partial charge is 0.504 e. The molecule has 5 heteroatoms. The normalized spacial score (nSPS) is 17.5. The van der Waals surface area contributed by atoms with Crippen LogP contribution < -0.4 is 4.74 Å². The van der Waals surface area contributed by atoms with E-state index in [0.29, 0.717) is 24.2 Å². The van der Waals surface area contributed by atoms with Crippen LogP contribution in [0.5, 0.6) is 11.5 Å². The zero-order valence-electron chi connectivity index (χ0n) is 12.6. The molecule has 0 aromatic heterocycles. The van der Waals surface area contributed by atoms with Crippen molar-refractivity contribution in [3.8, 4) is 11.5 Å². The minimum Gasteiger partial charge on any atom is -0.504 e. The maximum atomic E-state index is 12.0. The van der Waals surface area contributed by atoms with Crippen LogP contribution in [0.3, 0.4) is 0 Å². The van der Waals surface area contributed by atoms with Crippen molar-refractivity contribution in [2.24, 2.45) is 0 Å². The summed E-state index contributed by atoms with van der Waals surface area (Å²) in [4.78, 5) is 12.0. The number of hydrogen-bond acceptors (Lipinski definition) is 3. The van der Waals surface area contributed by atoms with Gasteiger partial charge in [-0.25, -0.2) is 0 Å². The fraction of sp³-hybridized carbons (Fsp3) is 0.562. The number of phenolic OH excluding ortho intramolecular Hbond substituents is 1. The van der Waals surface area contributed by atoms with E-state index in [1.54, 1.807) is 0 Å². The number of hydrogen-bond donors (Lipinski definition) is 2. The fourth-order valence-electron chi connectivity index (χ4n) is 3.52. The highest BCUT2D eigenvalue weighted by atomic mass is 79.9. The first kappa shape index (κ1) is 16.1. The number of aromatic hydroxyl groups is 1. The Hall–Kier alpha value is -1.23. The molecule has 0 radical (unpaired) electrons. The van der Waals surface area contributed by atoms with Gasteiger partial charge in [0, 0.05) is 15.6 Å². The predicted octanol–water partition coefficient (Wildman–Crippen LogP) is 4.07. The molecule has 21 heavy (non-hydrogen) atoms. The lowest BCUT2D eigenvalue weighted by atomic mass is 9.67. The first-order chi connectivity index (χ1) is 9.86. The summed E-state index contributed by atoms with van der Waals surface area (Å²) in [6.45, 7) is 3.69. The van der Waals surface area contributed by atoms with Crippen molar-refractivity contribution in [2.45, 2.75) is 51.4 Å². The smallest absolute Gasteiger partial charge is 0.314 e. The number of halogens is 1. The molecule has 0 unspecified atom stereocenters. The average molecular weight is 357 g/mol. The molecule has 1 aliphatic rings. The number of benzene rings is 1. The average Bonchev–Trinajstić information content (AvgIpc) is 2.46. The highest BCUT2D eigenvalue weighted by molar-refractivity contribution is 9.10. The van der Waals surface area contributed by atoms with E-state index in [0.717, 1.165) is 34.9 Å². The predicted molar refractivity (Wildman–Crippen MR) is 84.2 cm³/mol. The summed E-state index contributed by atoms with van der Waals surface area (Å²) in [5.74, 6) is -0.535. The van der Waals surface area contributed by atoms with Crippen LogP contribution in [-0.4, -0.2) is 23.3 Å². The van der Waals surface area contributed by atoms with Gasteiger partial charge in [0.2, 0.25) is 0 Å². The Morgan fingerprint density at radius 3 is 2.24 bits per heavy atom. The summed E-state index contributed by atoms with van der Waals surface area (Å²) in [7, 11) is 1.49. The third kappa shape index (κ3) is 2.41. The van der Waals surface area contributed by atoms with Crippen LogP contribution in [0.1, 0.15) is 48.8 Å². The first-order valence-electron chi connectivity index (χ1n) is 7.16. The molecule has 0 saturated heterocycles. The molecule has 1 aliphatic carbocycles. The molecule has 116 valence electrons. The molecule has 0 aliphatic heterocycles. The van der Waals surface area contributed by atoms with Crippen LogP contribution in [0.4, 0.5) is 0 Å². The fourth-order valence-corrected chi connectivity index (χ4v) is 3.90. The van der Waals surface area contributed by atoms with E-state index in [1.165, 1.54) is 7.11 Å². The number of phenols is 1. The monoisotopic (exact) mass is 356 g/mol. The lowest BCUT2D eigenvalue weighted by Crippen LogP contribution is -2.38. The van der Waals surface area contributed by atoms with Crippen LogP contribution in [0, 0.1) is 13.8 Å². The van der Waals surface area contributed by atoms with Crippen molar-refractivity contribution in [1.29, 1.82) is 0 Å². The van der Waals surface area contributed by atoms with Gasteiger partial charge in [-0.05, 0) is 32.3 Å². The minimum atomic E-state index is -1.02. The Morgan fingerprint density at radius 1 is 1.19 bits per heavy atom.